The second kappa shape index (κ2) is 7.04. The van der Waals surface area contributed by atoms with Crippen molar-refractivity contribution >= 4 is 39.7 Å². The molecule has 0 saturated heterocycles. The number of carboxylic acid groups (broad SMARTS) is 1. The van der Waals surface area contributed by atoms with Gasteiger partial charge < -0.3 is 9.67 Å². The van der Waals surface area contributed by atoms with Crippen molar-refractivity contribution < 1.29 is 14.1 Å². The predicted molar refractivity (Wildman–Crippen MR) is 84.2 cm³/mol. The van der Waals surface area contributed by atoms with E-state index in [0.29, 0.717) is 17.5 Å². The minimum atomic E-state index is -0.877. The number of thioether (sulfide) groups is 1. The molecule has 0 aliphatic carbocycles. The molecule has 8 heteroatoms. The van der Waals surface area contributed by atoms with E-state index >= 15 is 0 Å². The summed E-state index contributed by atoms with van der Waals surface area (Å²) in [5.74, 6) is -0.311. The van der Waals surface area contributed by atoms with Crippen LogP contribution in [0.4, 0.5) is 0 Å². The Bertz CT molecular complexity index is 685. The Kier molecular flexibility index (Phi) is 5.35. The second-order valence-corrected chi connectivity index (χ2v) is 7.15. The van der Waals surface area contributed by atoms with Gasteiger partial charge in [-0.1, -0.05) is 11.8 Å². The molecule has 2 aromatic heterocycles. The van der Waals surface area contributed by atoms with Crippen LogP contribution >= 0.6 is 11.8 Å². The number of nitrogens with zero attached hydrogens (tertiary/aromatic N) is 3. The minimum Gasteiger partial charge on any atom is -0.481 e. The summed E-state index contributed by atoms with van der Waals surface area (Å²) in [6, 6.07) is 3.77. The molecule has 1 atom stereocenters. The van der Waals surface area contributed by atoms with Crippen LogP contribution in [0, 0.1) is 6.92 Å². The van der Waals surface area contributed by atoms with Crippen molar-refractivity contribution in [1.29, 1.82) is 0 Å². The number of aromatic nitrogens is 3. The van der Waals surface area contributed by atoms with Crippen molar-refractivity contribution in [2.75, 3.05) is 17.8 Å². The average molecular weight is 327 g/mol. The third-order valence-electron chi connectivity index (χ3n) is 2.83. The first-order valence-corrected chi connectivity index (χ1v) is 9.17. The summed E-state index contributed by atoms with van der Waals surface area (Å²) in [6.07, 6.45) is 2.42. The Hall–Kier alpha value is -1.41. The normalized spacial score (nSPS) is 12.7. The third kappa shape index (κ3) is 4.28. The Morgan fingerprint density at radius 1 is 1.43 bits per heavy atom. The number of imidazole rings is 1. The Morgan fingerprint density at radius 2 is 2.19 bits per heavy atom. The van der Waals surface area contributed by atoms with Crippen LogP contribution in [0.2, 0.25) is 0 Å². The number of carboxylic acids is 1. The topological polar surface area (TPSA) is 85.1 Å². The zero-order chi connectivity index (χ0) is 15.4. The van der Waals surface area contributed by atoms with Crippen LogP contribution < -0.4 is 0 Å². The van der Waals surface area contributed by atoms with Crippen molar-refractivity contribution in [3.05, 3.63) is 17.8 Å². The Morgan fingerprint density at radius 3 is 2.86 bits per heavy atom. The zero-order valence-corrected chi connectivity index (χ0v) is 13.5. The van der Waals surface area contributed by atoms with Gasteiger partial charge in [-0.25, -0.2) is 9.97 Å². The van der Waals surface area contributed by atoms with E-state index < -0.39 is 16.8 Å². The molecule has 2 aromatic rings. The molecule has 2 heterocycles. The van der Waals surface area contributed by atoms with Crippen molar-refractivity contribution in [2.45, 2.75) is 25.0 Å². The fourth-order valence-corrected chi connectivity index (χ4v) is 3.22. The number of aliphatic carboxylic acids is 1. The molecule has 0 radical (unpaired) electrons. The molecule has 0 aromatic carbocycles. The molecule has 114 valence electrons. The molecule has 2 rings (SSSR count). The summed E-state index contributed by atoms with van der Waals surface area (Å²) < 4.78 is 13.1. The van der Waals surface area contributed by atoms with Gasteiger partial charge in [0, 0.05) is 35.0 Å². The number of fused-ring (bicyclic) bond motifs is 1. The van der Waals surface area contributed by atoms with Crippen molar-refractivity contribution in [1.82, 2.24) is 14.5 Å². The molecule has 0 aliphatic rings. The molecule has 0 aliphatic heterocycles. The van der Waals surface area contributed by atoms with E-state index in [1.807, 2.05) is 23.6 Å². The first-order valence-electron chi connectivity index (χ1n) is 6.46. The van der Waals surface area contributed by atoms with Crippen LogP contribution in [0.1, 0.15) is 12.1 Å². The summed E-state index contributed by atoms with van der Waals surface area (Å²) >= 11 is 1.18. The third-order valence-corrected chi connectivity index (χ3v) is 4.66. The summed E-state index contributed by atoms with van der Waals surface area (Å²) in [5, 5.41) is 9.47. The van der Waals surface area contributed by atoms with E-state index in [1.165, 1.54) is 11.8 Å². The second-order valence-electron chi connectivity index (χ2n) is 4.65. The van der Waals surface area contributed by atoms with E-state index in [2.05, 4.69) is 9.97 Å². The van der Waals surface area contributed by atoms with E-state index in [9.17, 15) is 9.00 Å². The first kappa shape index (κ1) is 16.0. The standard InChI is InChI=1S/C13H17N3O3S2/c1-9-4-5-10-12(14-9)16(6-3-7-21(2)19)13(15-10)20-8-11(17)18/h4-5H,3,6-8H2,1-2H3,(H,17,18). The van der Waals surface area contributed by atoms with Crippen LogP contribution in [-0.2, 0) is 22.1 Å². The van der Waals surface area contributed by atoms with Crippen LogP contribution in [0.5, 0.6) is 0 Å². The molecule has 0 bridgehead atoms. The Labute approximate surface area is 129 Å². The average Bonchev–Trinajstić information content (AvgIpc) is 2.74. The molecule has 1 N–H and O–H groups in total. The quantitative estimate of drug-likeness (QED) is 0.779. The maximum atomic E-state index is 11.2. The van der Waals surface area contributed by atoms with Gasteiger partial charge >= 0.3 is 5.97 Å². The summed E-state index contributed by atoms with van der Waals surface area (Å²) in [7, 11) is -0.838. The molecule has 6 nitrogen and oxygen atoms in total. The lowest BCUT2D eigenvalue weighted by molar-refractivity contribution is -0.133. The number of carbonyl (C=O) groups is 1. The highest BCUT2D eigenvalue weighted by Crippen LogP contribution is 2.23. The fraction of sp³-hybridized carbons (Fsp3) is 0.462. The van der Waals surface area contributed by atoms with Gasteiger partial charge in [-0.3, -0.25) is 9.00 Å². The van der Waals surface area contributed by atoms with Gasteiger partial charge in [0.2, 0.25) is 0 Å². The molecule has 0 spiro atoms. The maximum Gasteiger partial charge on any atom is 0.313 e. The van der Waals surface area contributed by atoms with Crippen LogP contribution in [0.15, 0.2) is 17.3 Å². The lowest BCUT2D eigenvalue weighted by atomic mass is 10.3. The van der Waals surface area contributed by atoms with Gasteiger partial charge in [0.15, 0.2) is 10.8 Å². The smallest absolute Gasteiger partial charge is 0.313 e. The van der Waals surface area contributed by atoms with Crippen LogP contribution in [0.3, 0.4) is 0 Å². The van der Waals surface area contributed by atoms with E-state index in [0.717, 1.165) is 23.3 Å². The number of rotatable bonds is 7. The maximum absolute atomic E-state index is 11.2. The summed E-state index contributed by atoms with van der Waals surface area (Å²) in [5.41, 5.74) is 2.40. The highest BCUT2D eigenvalue weighted by molar-refractivity contribution is 7.99. The van der Waals surface area contributed by atoms with Crippen molar-refractivity contribution in [2.24, 2.45) is 0 Å². The first-order chi connectivity index (χ1) is 9.97. The van der Waals surface area contributed by atoms with Gasteiger partial charge in [0.05, 0.1) is 5.75 Å². The lowest BCUT2D eigenvalue weighted by Gasteiger charge is -2.07. The van der Waals surface area contributed by atoms with Crippen LogP contribution in [0.25, 0.3) is 11.2 Å². The van der Waals surface area contributed by atoms with Gasteiger partial charge in [0.1, 0.15) is 5.52 Å². The van der Waals surface area contributed by atoms with E-state index in [4.69, 9.17) is 5.11 Å². The molecular weight excluding hydrogens is 310 g/mol. The van der Waals surface area contributed by atoms with E-state index in [-0.39, 0.29) is 5.75 Å². The fourth-order valence-electron chi connectivity index (χ4n) is 1.94. The van der Waals surface area contributed by atoms with Gasteiger partial charge in [-0.05, 0) is 25.5 Å². The number of hydrogen-bond acceptors (Lipinski definition) is 5. The minimum absolute atomic E-state index is 0.0397. The highest BCUT2D eigenvalue weighted by atomic mass is 32.2. The lowest BCUT2D eigenvalue weighted by Crippen LogP contribution is -2.07. The summed E-state index contributed by atoms with van der Waals surface area (Å²) in [6.45, 7) is 2.54. The molecule has 0 fully saturated rings. The van der Waals surface area contributed by atoms with Crippen molar-refractivity contribution in [3.63, 3.8) is 0 Å². The molecule has 0 amide bonds. The predicted octanol–water partition coefficient (Wildman–Crippen LogP) is 1.69. The number of pyridine rings is 1. The molecular formula is C13H17N3O3S2. The zero-order valence-electron chi connectivity index (χ0n) is 11.9. The SMILES string of the molecule is Cc1ccc2nc(SCC(=O)O)n(CCCS(C)=O)c2n1. The summed E-state index contributed by atoms with van der Waals surface area (Å²) in [4.78, 5) is 19.7. The van der Waals surface area contributed by atoms with Gasteiger partial charge in [0.25, 0.3) is 0 Å². The largest absolute Gasteiger partial charge is 0.481 e. The molecule has 21 heavy (non-hydrogen) atoms. The molecule has 0 saturated carbocycles. The Balaban J connectivity index is 2.30. The van der Waals surface area contributed by atoms with Crippen molar-refractivity contribution in [3.8, 4) is 0 Å². The highest BCUT2D eigenvalue weighted by Gasteiger charge is 2.14. The monoisotopic (exact) mass is 327 g/mol. The molecule has 1 unspecified atom stereocenters. The number of hydrogen-bond donors (Lipinski definition) is 1. The van der Waals surface area contributed by atoms with Gasteiger partial charge in [-0.2, -0.15) is 0 Å². The van der Waals surface area contributed by atoms with Gasteiger partial charge in [-0.15, -0.1) is 0 Å². The van der Waals surface area contributed by atoms with E-state index in [1.54, 1.807) is 6.26 Å². The number of aryl methyl sites for hydroxylation is 2. The van der Waals surface area contributed by atoms with Crippen LogP contribution in [-0.4, -0.2) is 47.6 Å².